The molecule has 0 saturated heterocycles. The summed E-state index contributed by atoms with van der Waals surface area (Å²) in [7, 11) is 0. The number of aromatic nitrogens is 2. The van der Waals surface area contributed by atoms with Gasteiger partial charge in [0.1, 0.15) is 5.82 Å². The Morgan fingerprint density at radius 2 is 2.07 bits per heavy atom. The number of rotatable bonds is 7. The van der Waals surface area contributed by atoms with Crippen molar-refractivity contribution < 1.29 is 4.79 Å². The molecular weight excluding hydrogens is 394 g/mol. The topological polar surface area (TPSA) is 64.0 Å². The van der Waals surface area contributed by atoms with E-state index in [0.717, 1.165) is 29.3 Å². The maximum absolute atomic E-state index is 12.9. The van der Waals surface area contributed by atoms with Gasteiger partial charge in [0, 0.05) is 18.1 Å². The molecule has 3 saturated carbocycles. The molecule has 0 unspecified atom stereocenters. The zero-order chi connectivity index (χ0) is 21.5. The molecule has 3 fully saturated rings. The van der Waals surface area contributed by atoms with Gasteiger partial charge in [-0.1, -0.05) is 39.8 Å². The van der Waals surface area contributed by atoms with Crippen molar-refractivity contribution in [1.82, 2.24) is 9.66 Å². The van der Waals surface area contributed by atoms with E-state index in [-0.39, 0.29) is 17.4 Å². The Morgan fingerprint density at radius 3 is 2.77 bits per heavy atom. The highest BCUT2D eigenvalue weighted by atomic mass is 32.2. The van der Waals surface area contributed by atoms with E-state index in [1.54, 1.807) is 6.07 Å². The molecule has 1 N–H and O–H groups in total. The van der Waals surface area contributed by atoms with Crippen molar-refractivity contribution in [3.05, 3.63) is 40.4 Å². The average molecular weight is 428 g/mol. The third-order valence-electron chi connectivity index (χ3n) is 7.36. The minimum atomic E-state index is -0.214. The summed E-state index contributed by atoms with van der Waals surface area (Å²) >= 11 is 1.88. The van der Waals surface area contributed by atoms with Crippen molar-refractivity contribution in [1.29, 1.82) is 0 Å². The summed E-state index contributed by atoms with van der Waals surface area (Å²) in [6.07, 6.45) is 4.51. The number of carbonyl (C=O) groups excluding carboxylic acids is 1. The first-order valence-corrected chi connectivity index (χ1v) is 12.3. The molecule has 30 heavy (non-hydrogen) atoms. The Balaban J connectivity index is 1.35. The van der Waals surface area contributed by atoms with Crippen molar-refractivity contribution in [2.24, 2.45) is 23.2 Å². The lowest BCUT2D eigenvalue weighted by Crippen LogP contribution is -2.52. The highest BCUT2D eigenvalue weighted by Crippen LogP contribution is 2.61. The number of nitrogens with one attached hydrogen (secondary N) is 1. The van der Waals surface area contributed by atoms with Gasteiger partial charge in [-0.05, 0) is 60.3 Å². The van der Waals surface area contributed by atoms with Crippen LogP contribution in [0.2, 0.25) is 0 Å². The van der Waals surface area contributed by atoms with Gasteiger partial charge in [-0.15, -0.1) is 0 Å². The predicted octanol–water partition coefficient (Wildman–Crippen LogP) is 4.79. The summed E-state index contributed by atoms with van der Waals surface area (Å²) in [4.78, 5) is 30.1. The number of fused-ring (bicyclic) bond motifs is 3. The Morgan fingerprint density at radius 1 is 1.30 bits per heavy atom. The summed E-state index contributed by atoms with van der Waals surface area (Å²) in [6.45, 7) is 8.81. The van der Waals surface area contributed by atoms with Crippen LogP contribution in [-0.2, 0) is 4.79 Å². The van der Waals surface area contributed by atoms with Crippen LogP contribution in [0.3, 0.4) is 0 Å². The number of hydrogen-bond acceptors (Lipinski definition) is 4. The fourth-order valence-corrected chi connectivity index (χ4v) is 6.59. The minimum absolute atomic E-state index is 0.0259. The van der Waals surface area contributed by atoms with Crippen molar-refractivity contribution in [3.8, 4) is 0 Å². The van der Waals surface area contributed by atoms with E-state index in [2.05, 4.69) is 24.3 Å². The summed E-state index contributed by atoms with van der Waals surface area (Å²) in [5.74, 6) is 4.98. The predicted molar refractivity (Wildman–Crippen MR) is 125 cm³/mol. The summed E-state index contributed by atoms with van der Waals surface area (Å²) in [6, 6.07) is 7.28. The molecule has 6 heteroatoms. The van der Waals surface area contributed by atoms with Crippen LogP contribution >= 0.6 is 11.8 Å². The van der Waals surface area contributed by atoms with Crippen LogP contribution in [0.15, 0.2) is 29.1 Å². The van der Waals surface area contributed by atoms with Gasteiger partial charge in [0.15, 0.2) is 0 Å². The second-order valence-electron chi connectivity index (χ2n) is 9.84. The number of carbonyl (C=O) groups is 1. The van der Waals surface area contributed by atoms with E-state index in [4.69, 9.17) is 0 Å². The molecule has 0 spiro atoms. The van der Waals surface area contributed by atoms with Gasteiger partial charge in [0.05, 0.1) is 10.9 Å². The highest BCUT2D eigenvalue weighted by molar-refractivity contribution is 7.99. The van der Waals surface area contributed by atoms with Gasteiger partial charge < -0.3 is 0 Å². The third-order valence-corrected chi connectivity index (χ3v) is 8.52. The number of benzene rings is 1. The molecule has 5 rings (SSSR count). The van der Waals surface area contributed by atoms with Crippen LogP contribution in [0, 0.1) is 23.2 Å². The summed E-state index contributed by atoms with van der Waals surface area (Å²) in [5.41, 5.74) is 3.78. The monoisotopic (exact) mass is 427 g/mol. The Hall–Kier alpha value is -1.82. The van der Waals surface area contributed by atoms with E-state index in [0.29, 0.717) is 28.6 Å². The fourth-order valence-electron chi connectivity index (χ4n) is 5.39. The van der Waals surface area contributed by atoms with Crippen molar-refractivity contribution in [2.45, 2.75) is 59.3 Å². The van der Waals surface area contributed by atoms with E-state index in [9.17, 15) is 9.59 Å². The summed E-state index contributed by atoms with van der Waals surface area (Å²) in [5, 5.41) is 0.523. The number of amides is 1. The zero-order valence-corrected chi connectivity index (χ0v) is 19.3. The standard InChI is InChI=1S/C24H33N3O2S/c1-15(2)22-25-20-8-6-5-7-18(20)23(29)27(22)26-21(28)11-12-30-14-16-9-10-17-13-19(16)24(17,3)4/h5-8,15-17,19H,9-14H2,1-4H3,(H,26,28)/t16-,17-,19-/m0/s1. The first-order valence-electron chi connectivity index (χ1n) is 11.2. The van der Waals surface area contributed by atoms with Crippen LogP contribution in [0.1, 0.15) is 65.1 Å². The van der Waals surface area contributed by atoms with Crippen molar-refractivity contribution in [2.75, 3.05) is 16.9 Å². The number of para-hydroxylation sites is 1. The first-order chi connectivity index (χ1) is 14.3. The van der Waals surface area contributed by atoms with Crippen LogP contribution in [0.25, 0.3) is 10.9 Å². The molecule has 1 aromatic heterocycles. The molecule has 3 atom stereocenters. The molecular formula is C24H33N3O2S. The molecule has 162 valence electrons. The maximum atomic E-state index is 12.9. The molecule has 1 heterocycles. The third kappa shape index (κ3) is 3.91. The number of nitrogens with zero attached hydrogens (tertiary/aromatic N) is 2. The average Bonchev–Trinajstić information content (AvgIpc) is 2.73. The maximum Gasteiger partial charge on any atom is 0.280 e. The van der Waals surface area contributed by atoms with Gasteiger partial charge >= 0.3 is 0 Å². The van der Waals surface area contributed by atoms with Gasteiger partial charge in [-0.3, -0.25) is 15.0 Å². The van der Waals surface area contributed by atoms with Crippen LogP contribution in [-0.4, -0.2) is 27.1 Å². The van der Waals surface area contributed by atoms with Crippen molar-refractivity contribution >= 4 is 28.6 Å². The van der Waals surface area contributed by atoms with Gasteiger partial charge in [-0.2, -0.15) is 11.8 Å². The second kappa shape index (κ2) is 8.37. The second-order valence-corrected chi connectivity index (χ2v) is 11.0. The molecule has 3 aliphatic rings. The lowest BCUT2D eigenvalue weighted by Gasteiger charge is -2.60. The Labute approximate surface area is 183 Å². The van der Waals surface area contributed by atoms with E-state index in [1.165, 1.54) is 23.9 Å². The smallest absolute Gasteiger partial charge is 0.273 e. The largest absolute Gasteiger partial charge is 0.280 e. The molecule has 2 bridgehead atoms. The molecule has 0 aliphatic heterocycles. The lowest BCUT2D eigenvalue weighted by atomic mass is 9.46. The Bertz CT molecular complexity index is 996. The quantitative estimate of drug-likeness (QED) is 0.646. The molecule has 0 radical (unpaired) electrons. The van der Waals surface area contributed by atoms with E-state index < -0.39 is 0 Å². The number of hydrogen-bond donors (Lipinski definition) is 1. The van der Waals surface area contributed by atoms with E-state index >= 15 is 0 Å². The van der Waals surface area contributed by atoms with Gasteiger partial charge in [0.2, 0.25) is 5.91 Å². The molecule has 5 nitrogen and oxygen atoms in total. The molecule has 2 aromatic rings. The molecule has 1 amide bonds. The SMILES string of the molecule is CC(C)c1nc2ccccc2c(=O)n1NC(=O)CCSC[C@@H]1CC[C@H]2C[C@@H]1C2(C)C. The van der Waals surface area contributed by atoms with Crippen molar-refractivity contribution in [3.63, 3.8) is 0 Å². The number of thioether (sulfide) groups is 1. The Kier molecular flexibility index (Phi) is 5.97. The normalized spacial score (nSPS) is 24.6. The first kappa shape index (κ1) is 21.4. The van der Waals surface area contributed by atoms with Crippen LogP contribution in [0.4, 0.5) is 0 Å². The summed E-state index contributed by atoms with van der Waals surface area (Å²) < 4.78 is 1.35. The van der Waals surface area contributed by atoms with E-state index in [1.807, 2.05) is 43.8 Å². The minimum Gasteiger partial charge on any atom is -0.273 e. The zero-order valence-electron chi connectivity index (χ0n) is 18.5. The van der Waals surface area contributed by atoms with Gasteiger partial charge in [0.25, 0.3) is 5.56 Å². The molecule has 3 aliphatic carbocycles. The lowest BCUT2D eigenvalue weighted by molar-refractivity contribution is -0.116. The van der Waals surface area contributed by atoms with Crippen LogP contribution in [0.5, 0.6) is 0 Å². The molecule has 1 aromatic carbocycles. The highest BCUT2D eigenvalue weighted by Gasteiger charge is 2.53. The fraction of sp³-hybridized carbons (Fsp3) is 0.625. The van der Waals surface area contributed by atoms with Crippen LogP contribution < -0.4 is 11.0 Å². The van der Waals surface area contributed by atoms with Gasteiger partial charge in [-0.25, -0.2) is 9.66 Å².